The zero-order chi connectivity index (χ0) is 14.5. The molecule has 1 amide bonds. The maximum absolute atomic E-state index is 12.0. The van der Waals surface area contributed by atoms with Crippen LogP contribution in [0.4, 0.5) is 5.69 Å². The van der Waals surface area contributed by atoms with Crippen molar-refractivity contribution in [3.63, 3.8) is 0 Å². The molecule has 5 nitrogen and oxygen atoms in total. The number of nitrogens with zero attached hydrogens (tertiary/aromatic N) is 2. The van der Waals surface area contributed by atoms with Crippen molar-refractivity contribution in [2.24, 2.45) is 5.73 Å². The Morgan fingerprint density at radius 3 is 2.75 bits per heavy atom. The lowest BCUT2D eigenvalue weighted by Crippen LogP contribution is -2.17. The first kappa shape index (κ1) is 14.3. The van der Waals surface area contributed by atoms with Gasteiger partial charge in [0.25, 0.3) is 0 Å². The fraction of sp³-hybridized carbons (Fsp3) is 0.333. The van der Waals surface area contributed by atoms with Gasteiger partial charge in [-0.05, 0) is 31.5 Å². The number of aromatic nitrogens is 2. The lowest BCUT2D eigenvalue weighted by atomic mass is 10.2. The number of aryl methyl sites for hydroxylation is 3. The molecule has 3 N–H and O–H groups in total. The molecule has 0 saturated heterocycles. The monoisotopic (exact) mass is 272 g/mol. The Balaban J connectivity index is 1.94. The van der Waals surface area contributed by atoms with Crippen LogP contribution in [0.5, 0.6) is 0 Å². The molecule has 0 aliphatic carbocycles. The second kappa shape index (κ2) is 6.34. The Bertz CT molecular complexity index is 604. The number of nitrogens with two attached hydrogens (primary N) is 1. The molecule has 20 heavy (non-hydrogen) atoms. The molecule has 1 heterocycles. The third-order valence-electron chi connectivity index (χ3n) is 3.17. The van der Waals surface area contributed by atoms with Crippen molar-refractivity contribution < 1.29 is 4.79 Å². The van der Waals surface area contributed by atoms with Crippen molar-refractivity contribution in [2.45, 2.75) is 33.4 Å². The second-order valence-electron chi connectivity index (χ2n) is 4.81. The first-order valence-electron chi connectivity index (χ1n) is 6.69. The van der Waals surface area contributed by atoms with E-state index >= 15 is 0 Å². The summed E-state index contributed by atoms with van der Waals surface area (Å²) in [6, 6.07) is 9.57. The number of nitrogens with one attached hydrogen (secondary N) is 1. The molecule has 0 aliphatic heterocycles. The van der Waals surface area contributed by atoms with Gasteiger partial charge in [0.2, 0.25) is 5.91 Å². The topological polar surface area (TPSA) is 72.9 Å². The molecule has 0 atom stereocenters. The van der Waals surface area contributed by atoms with E-state index in [1.54, 1.807) is 0 Å². The number of carbonyl (C=O) groups excluding carboxylic acids is 1. The molecule has 2 rings (SSSR count). The maximum Gasteiger partial charge on any atom is 0.226 e. The van der Waals surface area contributed by atoms with Crippen LogP contribution in [0.1, 0.15) is 23.4 Å². The van der Waals surface area contributed by atoms with Gasteiger partial charge in [0.05, 0.1) is 5.69 Å². The van der Waals surface area contributed by atoms with Gasteiger partial charge in [-0.2, -0.15) is 5.10 Å². The number of hydrogen-bond acceptors (Lipinski definition) is 3. The summed E-state index contributed by atoms with van der Waals surface area (Å²) in [5, 5.41) is 7.24. The quantitative estimate of drug-likeness (QED) is 0.874. The van der Waals surface area contributed by atoms with E-state index in [1.807, 2.05) is 48.9 Å². The molecular weight excluding hydrogens is 252 g/mol. The first-order chi connectivity index (χ1) is 9.60. The predicted molar refractivity (Wildman–Crippen MR) is 79.3 cm³/mol. The van der Waals surface area contributed by atoms with Crippen molar-refractivity contribution in [1.29, 1.82) is 0 Å². The van der Waals surface area contributed by atoms with E-state index in [0.29, 0.717) is 19.5 Å². The smallest absolute Gasteiger partial charge is 0.226 e. The van der Waals surface area contributed by atoms with Crippen LogP contribution in [0.3, 0.4) is 0 Å². The van der Waals surface area contributed by atoms with Gasteiger partial charge in [-0.1, -0.05) is 18.2 Å². The molecular formula is C15H20N4O. The highest BCUT2D eigenvalue weighted by atomic mass is 16.1. The Morgan fingerprint density at radius 2 is 2.10 bits per heavy atom. The summed E-state index contributed by atoms with van der Waals surface area (Å²) in [5.74, 6) is -0.0292. The van der Waals surface area contributed by atoms with Crippen molar-refractivity contribution in [2.75, 3.05) is 5.32 Å². The molecule has 1 aromatic carbocycles. The minimum absolute atomic E-state index is 0.0292. The summed E-state index contributed by atoms with van der Waals surface area (Å²) < 4.78 is 1.85. The zero-order valence-electron chi connectivity index (χ0n) is 11.9. The Hall–Kier alpha value is -2.14. The van der Waals surface area contributed by atoms with Crippen LogP contribution in [0, 0.1) is 13.8 Å². The van der Waals surface area contributed by atoms with Crippen LogP contribution in [0.2, 0.25) is 0 Å². The van der Waals surface area contributed by atoms with E-state index in [4.69, 9.17) is 5.73 Å². The van der Waals surface area contributed by atoms with Crippen molar-refractivity contribution >= 4 is 11.6 Å². The van der Waals surface area contributed by atoms with Crippen molar-refractivity contribution in [1.82, 2.24) is 9.78 Å². The van der Waals surface area contributed by atoms with Gasteiger partial charge >= 0.3 is 0 Å². The largest absolute Gasteiger partial charge is 0.326 e. The number of amides is 1. The molecule has 1 aromatic heterocycles. The van der Waals surface area contributed by atoms with Gasteiger partial charge in [-0.3, -0.25) is 9.48 Å². The number of carbonyl (C=O) groups is 1. The molecule has 106 valence electrons. The number of anilines is 1. The fourth-order valence-corrected chi connectivity index (χ4v) is 2.14. The standard InChI is InChI=1S/C15H20N4O/c1-11-9-12(2)19(18-11)8-7-15(20)17-14-6-4-3-5-13(14)10-16/h3-6,9H,7-8,10,16H2,1-2H3,(H,17,20). The van der Waals surface area contributed by atoms with Gasteiger partial charge in [-0.25, -0.2) is 0 Å². The van der Waals surface area contributed by atoms with Crippen LogP contribution in [0.15, 0.2) is 30.3 Å². The number of hydrogen-bond donors (Lipinski definition) is 2. The van der Waals surface area contributed by atoms with Gasteiger partial charge in [-0.15, -0.1) is 0 Å². The van der Waals surface area contributed by atoms with Gasteiger partial charge in [0.15, 0.2) is 0 Å². The molecule has 0 aliphatic rings. The third kappa shape index (κ3) is 3.45. The Labute approximate surface area is 118 Å². The van der Waals surface area contributed by atoms with Crippen LogP contribution in [-0.4, -0.2) is 15.7 Å². The highest BCUT2D eigenvalue weighted by Crippen LogP contribution is 2.14. The van der Waals surface area contributed by atoms with Crippen LogP contribution >= 0.6 is 0 Å². The van der Waals surface area contributed by atoms with E-state index in [1.165, 1.54) is 0 Å². The van der Waals surface area contributed by atoms with Crippen LogP contribution in [0.25, 0.3) is 0 Å². The van der Waals surface area contributed by atoms with Gasteiger partial charge in [0, 0.05) is 30.9 Å². The SMILES string of the molecule is Cc1cc(C)n(CCC(=O)Nc2ccccc2CN)n1. The molecule has 0 fully saturated rings. The van der Waals surface area contributed by atoms with Gasteiger partial charge in [0.1, 0.15) is 0 Å². The summed E-state index contributed by atoms with van der Waals surface area (Å²) in [5.41, 5.74) is 9.41. The lowest BCUT2D eigenvalue weighted by molar-refractivity contribution is -0.116. The van der Waals surface area contributed by atoms with E-state index in [-0.39, 0.29) is 5.91 Å². The maximum atomic E-state index is 12.0. The minimum Gasteiger partial charge on any atom is -0.326 e. The zero-order valence-corrected chi connectivity index (χ0v) is 11.9. The number of rotatable bonds is 5. The Kier molecular flexibility index (Phi) is 4.53. The van der Waals surface area contributed by atoms with Gasteiger partial charge < -0.3 is 11.1 Å². The van der Waals surface area contributed by atoms with E-state index in [0.717, 1.165) is 22.6 Å². The van der Waals surface area contributed by atoms with E-state index in [2.05, 4.69) is 10.4 Å². The normalized spacial score (nSPS) is 10.6. The minimum atomic E-state index is -0.0292. The van der Waals surface area contributed by atoms with Crippen LogP contribution < -0.4 is 11.1 Å². The Morgan fingerprint density at radius 1 is 1.35 bits per heavy atom. The highest BCUT2D eigenvalue weighted by Gasteiger charge is 2.07. The highest BCUT2D eigenvalue weighted by molar-refractivity contribution is 5.91. The summed E-state index contributed by atoms with van der Waals surface area (Å²) in [6.45, 7) is 4.92. The summed E-state index contributed by atoms with van der Waals surface area (Å²) in [6.07, 6.45) is 0.390. The van der Waals surface area contributed by atoms with Crippen molar-refractivity contribution in [3.05, 3.63) is 47.3 Å². The van der Waals surface area contributed by atoms with Crippen molar-refractivity contribution in [3.8, 4) is 0 Å². The fourth-order valence-electron chi connectivity index (χ4n) is 2.14. The molecule has 5 heteroatoms. The average molecular weight is 272 g/mol. The lowest BCUT2D eigenvalue weighted by Gasteiger charge is -2.10. The molecule has 0 radical (unpaired) electrons. The summed E-state index contributed by atoms with van der Waals surface area (Å²) >= 11 is 0. The third-order valence-corrected chi connectivity index (χ3v) is 3.17. The predicted octanol–water partition coefficient (Wildman–Crippen LogP) is 1.99. The second-order valence-corrected chi connectivity index (χ2v) is 4.81. The summed E-state index contributed by atoms with van der Waals surface area (Å²) in [4.78, 5) is 12.0. The molecule has 2 aromatic rings. The number of benzene rings is 1. The van der Waals surface area contributed by atoms with E-state index in [9.17, 15) is 4.79 Å². The molecule has 0 unspecified atom stereocenters. The first-order valence-corrected chi connectivity index (χ1v) is 6.69. The number of para-hydroxylation sites is 1. The molecule has 0 bridgehead atoms. The molecule has 0 spiro atoms. The van der Waals surface area contributed by atoms with E-state index < -0.39 is 0 Å². The van der Waals surface area contributed by atoms with Crippen LogP contribution in [-0.2, 0) is 17.9 Å². The average Bonchev–Trinajstić information content (AvgIpc) is 2.75. The summed E-state index contributed by atoms with van der Waals surface area (Å²) in [7, 11) is 0. The molecule has 0 saturated carbocycles.